The largest absolute Gasteiger partial charge is 0.598 e. The van der Waals surface area contributed by atoms with Gasteiger partial charge in [0.1, 0.15) is 35.8 Å². The van der Waals surface area contributed by atoms with Crippen molar-refractivity contribution in [1.82, 2.24) is 35.4 Å². The molecule has 10 nitrogen and oxygen atoms in total. The van der Waals surface area contributed by atoms with Crippen LogP contribution in [-0.2, 0) is 19.3 Å². The molecule has 3 aliphatic rings. The van der Waals surface area contributed by atoms with Gasteiger partial charge in [-0.1, -0.05) is 4.21 Å². The third-order valence-electron chi connectivity index (χ3n) is 5.98. The average molecular weight is 474 g/mol. The summed E-state index contributed by atoms with van der Waals surface area (Å²) in [6, 6.07) is 0.401. The van der Waals surface area contributed by atoms with Crippen molar-refractivity contribution >= 4 is 10.4 Å². The van der Waals surface area contributed by atoms with Gasteiger partial charge in [-0.05, 0) is 33.4 Å². The highest BCUT2D eigenvalue weighted by Gasteiger charge is 2.38. The minimum Gasteiger partial charge on any atom is -0.598 e. The highest BCUT2D eigenvalue weighted by molar-refractivity contribution is 7.94. The molecule has 3 saturated heterocycles. The molecule has 0 aromatic carbocycles. The fraction of sp³-hybridized carbons (Fsp3) is 1.00. The number of rotatable bonds is 7. The number of likely N-dealkylation sites (N-methyl/N-ethyl adjacent to an activating group) is 1. The number of halogens is 3. The lowest BCUT2D eigenvalue weighted by molar-refractivity contribution is -0.201. The summed E-state index contributed by atoms with van der Waals surface area (Å²) in [7, 11) is 0.810. The standard InChI is InChI=1S/C17H34F3N7O3S/c1-25(2)13-6-7-26(10-13)15-22-14(23-16(24-15)30-11-17(18,19)20)21-12-4-8-27(9-5-12)31(3,28)29/h12-16,21-24H,4-11H2,1-3H3. The van der Waals surface area contributed by atoms with Crippen molar-refractivity contribution < 1.29 is 26.7 Å². The SMILES string of the molecule is CN(C)C1CCN(C2NC(NC3CCN([S+](C)(=O)[O-])CC3)NC(OCC(F)(F)F)N2)C1. The topological polar surface area (TPSA) is 107 Å². The first-order chi connectivity index (χ1) is 14.4. The molecule has 0 spiro atoms. The summed E-state index contributed by atoms with van der Waals surface area (Å²) >= 11 is 0. The summed E-state index contributed by atoms with van der Waals surface area (Å²) in [6.45, 7) is 1.05. The Balaban J connectivity index is 1.58. The van der Waals surface area contributed by atoms with Gasteiger partial charge in [0.25, 0.3) is 0 Å². The van der Waals surface area contributed by atoms with Gasteiger partial charge < -0.3 is 14.2 Å². The van der Waals surface area contributed by atoms with E-state index in [1.807, 2.05) is 14.1 Å². The van der Waals surface area contributed by atoms with Crippen molar-refractivity contribution in [1.29, 1.82) is 0 Å². The molecule has 0 aliphatic carbocycles. The maximum atomic E-state index is 12.7. The van der Waals surface area contributed by atoms with E-state index in [0.29, 0.717) is 32.0 Å². The molecular formula is C17H34F3N7O3S. The van der Waals surface area contributed by atoms with Crippen molar-refractivity contribution in [2.75, 3.05) is 53.1 Å². The van der Waals surface area contributed by atoms with E-state index in [1.54, 1.807) is 0 Å². The van der Waals surface area contributed by atoms with E-state index in [9.17, 15) is 21.9 Å². The smallest absolute Gasteiger partial charge is 0.411 e. The van der Waals surface area contributed by atoms with Gasteiger partial charge in [0, 0.05) is 38.3 Å². The summed E-state index contributed by atoms with van der Waals surface area (Å²) in [6.07, 6.45) is -2.86. The lowest BCUT2D eigenvalue weighted by atomic mass is 10.1. The Morgan fingerprint density at radius 3 is 2.39 bits per heavy atom. The minimum absolute atomic E-state index is 0.0260. The first-order valence-corrected chi connectivity index (χ1v) is 12.3. The highest BCUT2D eigenvalue weighted by atomic mass is 32.3. The Bertz CT molecular complexity index is 631. The van der Waals surface area contributed by atoms with Gasteiger partial charge in [0.05, 0.1) is 0 Å². The molecule has 0 saturated carbocycles. The zero-order chi connectivity index (χ0) is 22.8. The molecule has 3 aliphatic heterocycles. The number of ether oxygens (including phenoxy) is 1. The molecule has 5 unspecified atom stereocenters. The van der Waals surface area contributed by atoms with Crippen LogP contribution in [-0.4, -0.2) is 109 Å². The molecule has 0 amide bonds. The van der Waals surface area contributed by atoms with Gasteiger partial charge in [0.15, 0.2) is 6.35 Å². The Hall–Kier alpha value is -0.420. The van der Waals surface area contributed by atoms with Crippen LogP contribution in [0.2, 0.25) is 0 Å². The Kier molecular flexibility index (Phi) is 8.32. The fourth-order valence-electron chi connectivity index (χ4n) is 4.19. The maximum absolute atomic E-state index is 12.7. The van der Waals surface area contributed by atoms with E-state index in [4.69, 9.17) is 4.74 Å². The number of nitrogens with zero attached hydrogens (tertiary/aromatic N) is 3. The summed E-state index contributed by atoms with van der Waals surface area (Å²) in [5.41, 5.74) is 0. The average Bonchev–Trinajstić information content (AvgIpc) is 3.16. The zero-order valence-electron chi connectivity index (χ0n) is 18.2. The van der Waals surface area contributed by atoms with E-state index in [-0.39, 0.29) is 12.3 Å². The van der Waals surface area contributed by atoms with Crippen molar-refractivity contribution in [2.45, 2.75) is 56.5 Å². The second-order valence-electron chi connectivity index (χ2n) is 8.65. The van der Waals surface area contributed by atoms with E-state index in [1.165, 1.54) is 10.6 Å². The summed E-state index contributed by atoms with van der Waals surface area (Å²) in [5.74, 6) is 0. The molecule has 4 N–H and O–H groups in total. The molecular weight excluding hydrogens is 439 g/mol. The molecule has 3 rings (SSSR count). The molecule has 5 atom stereocenters. The Morgan fingerprint density at radius 1 is 1.16 bits per heavy atom. The molecule has 0 radical (unpaired) electrons. The van der Waals surface area contributed by atoms with Crippen molar-refractivity contribution in [2.24, 2.45) is 0 Å². The van der Waals surface area contributed by atoms with Gasteiger partial charge >= 0.3 is 6.18 Å². The maximum Gasteiger partial charge on any atom is 0.411 e. The predicted molar refractivity (Wildman–Crippen MR) is 109 cm³/mol. The van der Waals surface area contributed by atoms with Gasteiger partial charge in [-0.2, -0.15) is 13.2 Å². The predicted octanol–water partition coefficient (Wildman–Crippen LogP) is -0.937. The number of hydrogen-bond acceptors (Lipinski definition) is 9. The van der Waals surface area contributed by atoms with Crippen LogP contribution < -0.4 is 21.3 Å². The van der Waals surface area contributed by atoms with Crippen molar-refractivity contribution in [3.63, 3.8) is 0 Å². The van der Waals surface area contributed by atoms with Crippen LogP contribution in [0, 0.1) is 0 Å². The number of hydrogen-bond donors (Lipinski definition) is 4. The first kappa shape index (κ1) is 25.2. The van der Waals surface area contributed by atoms with Crippen molar-refractivity contribution in [3.8, 4) is 0 Å². The molecule has 14 heteroatoms. The van der Waals surface area contributed by atoms with Gasteiger partial charge in [-0.15, -0.1) is 4.31 Å². The molecule has 182 valence electrons. The van der Waals surface area contributed by atoms with E-state index < -0.39 is 35.8 Å². The number of alkyl halides is 3. The molecule has 3 fully saturated rings. The van der Waals surface area contributed by atoms with Crippen LogP contribution in [0.25, 0.3) is 0 Å². The minimum atomic E-state index is -4.42. The number of piperidine rings is 1. The Labute approximate surface area is 182 Å². The lowest BCUT2D eigenvalue weighted by Gasteiger charge is -2.44. The monoisotopic (exact) mass is 473 g/mol. The van der Waals surface area contributed by atoms with Crippen LogP contribution in [0.1, 0.15) is 19.3 Å². The van der Waals surface area contributed by atoms with E-state index in [2.05, 4.69) is 31.1 Å². The zero-order valence-corrected chi connectivity index (χ0v) is 19.0. The quantitative estimate of drug-likeness (QED) is 0.349. The van der Waals surface area contributed by atoms with Gasteiger partial charge in [-0.25, -0.2) is 0 Å². The van der Waals surface area contributed by atoms with E-state index >= 15 is 0 Å². The number of likely N-dealkylation sites (tertiary alicyclic amines) is 1. The van der Waals surface area contributed by atoms with Crippen LogP contribution in [0.15, 0.2) is 0 Å². The van der Waals surface area contributed by atoms with Gasteiger partial charge in [-0.3, -0.25) is 26.2 Å². The van der Waals surface area contributed by atoms with Crippen molar-refractivity contribution in [3.05, 3.63) is 0 Å². The molecule has 3 heterocycles. The summed E-state index contributed by atoms with van der Waals surface area (Å²) in [5, 5.41) is 12.7. The van der Waals surface area contributed by atoms with Crippen LogP contribution in [0.5, 0.6) is 0 Å². The summed E-state index contributed by atoms with van der Waals surface area (Å²) in [4.78, 5) is 4.29. The molecule has 0 aromatic heterocycles. The summed E-state index contributed by atoms with van der Waals surface area (Å²) < 4.78 is 67.9. The van der Waals surface area contributed by atoms with Gasteiger partial charge in [0.2, 0.25) is 0 Å². The van der Waals surface area contributed by atoms with Crippen LogP contribution in [0.3, 0.4) is 0 Å². The highest BCUT2D eigenvalue weighted by Crippen LogP contribution is 2.19. The Morgan fingerprint density at radius 2 is 1.84 bits per heavy atom. The van der Waals surface area contributed by atoms with Crippen LogP contribution in [0.4, 0.5) is 13.2 Å². The first-order valence-electron chi connectivity index (χ1n) is 10.5. The number of sulfonamides is 1. The fourth-order valence-corrected chi connectivity index (χ4v) is 5.07. The van der Waals surface area contributed by atoms with E-state index in [0.717, 1.165) is 19.5 Å². The number of nitrogens with one attached hydrogen (secondary N) is 4. The molecule has 31 heavy (non-hydrogen) atoms. The molecule has 0 aromatic rings. The second kappa shape index (κ2) is 10.2. The second-order valence-corrected chi connectivity index (χ2v) is 10.6. The van der Waals surface area contributed by atoms with Crippen LogP contribution >= 0.6 is 0 Å². The molecule has 0 bridgehead atoms. The lowest BCUT2D eigenvalue weighted by Crippen LogP contribution is -2.76. The third-order valence-corrected chi connectivity index (χ3v) is 7.28. The third kappa shape index (κ3) is 7.55. The normalized spacial score (nSPS) is 34.3.